The Morgan fingerprint density at radius 3 is 2.69 bits per heavy atom. The van der Waals surface area contributed by atoms with E-state index in [0.717, 1.165) is 5.56 Å². The van der Waals surface area contributed by atoms with E-state index in [1.165, 1.54) is 9.13 Å². The minimum absolute atomic E-state index is 0.118. The molecule has 11 nitrogen and oxygen atoms in total. The number of nitrogens with zero attached hydrogens (tertiary/aromatic N) is 3. The number of amides is 3. The fraction of sp³-hybridized carbons (Fsp3) is 0.476. The van der Waals surface area contributed by atoms with E-state index in [-0.39, 0.29) is 43.3 Å². The molecule has 0 aliphatic carbocycles. The molecule has 3 heterocycles. The van der Waals surface area contributed by atoms with Crippen molar-refractivity contribution >= 4 is 34.7 Å². The lowest BCUT2D eigenvalue weighted by atomic mass is 10.0. The van der Waals surface area contributed by atoms with Gasteiger partial charge in [-0.25, -0.2) is 4.79 Å². The standard InChI is InChI=1S/C21H25N5O6/c1-24-16-10-12(3-7-18(28)25-9-8-22-13(11-25)20(30)31)2-4-14(16)26(21(24)32)15-5-6-17(27)23-19(15)29/h2,4,10,13,15,22H,3,5-9,11H2,1H3,(H,30,31)(H,23,27,29)/t13-,15?/m0/s1. The van der Waals surface area contributed by atoms with Gasteiger partial charge >= 0.3 is 11.7 Å². The quantitative estimate of drug-likeness (QED) is 0.510. The van der Waals surface area contributed by atoms with Crippen LogP contribution in [0.25, 0.3) is 11.0 Å². The number of carbonyl (C=O) groups is 4. The highest BCUT2D eigenvalue weighted by Crippen LogP contribution is 2.24. The van der Waals surface area contributed by atoms with E-state index in [9.17, 15) is 24.0 Å². The molecule has 2 aliphatic rings. The smallest absolute Gasteiger partial charge is 0.329 e. The van der Waals surface area contributed by atoms with Crippen molar-refractivity contribution in [3.63, 3.8) is 0 Å². The maximum absolute atomic E-state index is 12.8. The number of aliphatic carboxylic acids is 1. The number of imide groups is 1. The SMILES string of the molecule is Cn1c(=O)n(C2CCC(=O)NC2=O)c2ccc(CCC(=O)N3CCN[C@H](C(=O)O)C3)cc21. The zero-order valence-corrected chi connectivity index (χ0v) is 17.7. The van der Waals surface area contributed by atoms with Crippen LogP contribution in [0.3, 0.4) is 0 Å². The van der Waals surface area contributed by atoms with Crippen molar-refractivity contribution in [3.8, 4) is 0 Å². The van der Waals surface area contributed by atoms with E-state index in [4.69, 9.17) is 5.11 Å². The van der Waals surface area contributed by atoms with Crippen LogP contribution in [0.5, 0.6) is 0 Å². The lowest BCUT2D eigenvalue weighted by molar-refractivity contribution is -0.143. The Balaban J connectivity index is 1.51. The number of carboxylic acids is 1. The molecule has 3 N–H and O–H groups in total. The van der Waals surface area contributed by atoms with Crippen LogP contribution < -0.4 is 16.3 Å². The zero-order chi connectivity index (χ0) is 23.0. The first-order chi connectivity index (χ1) is 15.3. The predicted molar refractivity (Wildman–Crippen MR) is 113 cm³/mol. The molecule has 2 aliphatic heterocycles. The molecule has 0 radical (unpaired) electrons. The number of carboxylic acid groups (broad SMARTS) is 1. The van der Waals surface area contributed by atoms with Gasteiger partial charge in [0.25, 0.3) is 0 Å². The molecule has 2 fully saturated rings. The summed E-state index contributed by atoms with van der Waals surface area (Å²) in [5.74, 6) is -1.92. The van der Waals surface area contributed by atoms with Crippen LogP contribution in [-0.2, 0) is 32.6 Å². The number of carbonyl (C=O) groups excluding carboxylic acids is 3. The lowest BCUT2D eigenvalue weighted by Gasteiger charge is -2.31. The number of piperazine rings is 1. The Morgan fingerprint density at radius 2 is 1.97 bits per heavy atom. The second-order valence-corrected chi connectivity index (χ2v) is 8.19. The summed E-state index contributed by atoms with van der Waals surface area (Å²) >= 11 is 0. The summed E-state index contributed by atoms with van der Waals surface area (Å²) in [6.07, 6.45) is 1.10. The molecule has 3 amide bonds. The van der Waals surface area contributed by atoms with Crippen molar-refractivity contribution < 1.29 is 24.3 Å². The molecule has 32 heavy (non-hydrogen) atoms. The van der Waals surface area contributed by atoms with Crippen molar-refractivity contribution in [1.29, 1.82) is 0 Å². The number of hydrogen-bond acceptors (Lipinski definition) is 6. The van der Waals surface area contributed by atoms with Gasteiger partial charge in [-0.1, -0.05) is 6.07 Å². The Kier molecular flexibility index (Phi) is 5.83. The van der Waals surface area contributed by atoms with Gasteiger partial charge in [0.15, 0.2) is 0 Å². The summed E-state index contributed by atoms with van der Waals surface area (Å²) in [4.78, 5) is 61.9. The summed E-state index contributed by atoms with van der Waals surface area (Å²) in [7, 11) is 1.62. The van der Waals surface area contributed by atoms with Crippen LogP contribution in [0.1, 0.15) is 30.9 Å². The van der Waals surface area contributed by atoms with Crippen LogP contribution in [0.4, 0.5) is 0 Å². The summed E-state index contributed by atoms with van der Waals surface area (Å²) in [5.41, 5.74) is 1.74. The largest absolute Gasteiger partial charge is 0.480 e. The summed E-state index contributed by atoms with van der Waals surface area (Å²) in [6, 6.07) is 3.89. The van der Waals surface area contributed by atoms with E-state index in [1.807, 2.05) is 12.1 Å². The maximum Gasteiger partial charge on any atom is 0.329 e. The number of aromatic nitrogens is 2. The Morgan fingerprint density at radius 1 is 1.19 bits per heavy atom. The first kappa shape index (κ1) is 21.8. The first-order valence-corrected chi connectivity index (χ1v) is 10.5. The summed E-state index contributed by atoms with van der Waals surface area (Å²) in [6.45, 7) is 1.03. The molecule has 11 heteroatoms. The highest BCUT2D eigenvalue weighted by molar-refractivity contribution is 6.00. The average Bonchev–Trinajstić information content (AvgIpc) is 3.02. The Labute approximate surface area is 183 Å². The van der Waals surface area contributed by atoms with E-state index in [2.05, 4.69) is 10.6 Å². The van der Waals surface area contributed by atoms with E-state index in [1.54, 1.807) is 18.0 Å². The minimum Gasteiger partial charge on any atom is -0.480 e. The normalized spacial score (nSPS) is 21.6. The third kappa shape index (κ3) is 4.03. The molecular weight excluding hydrogens is 418 g/mol. The first-order valence-electron chi connectivity index (χ1n) is 10.5. The molecule has 4 rings (SSSR count). The monoisotopic (exact) mass is 443 g/mol. The van der Waals surface area contributed by atoms with Crippen LogP contribution in [0.15, 0.2) is 23.0 Å². The Bertz CT molecular complexity index is 1170. The summed E-state index contributed by atoms with van der Waals surface area (Å²) in [5, 5.41) is 14.3. The lowest BCUT2D eigenvalue weighted by Crippen LogP contribution is -2.55. The van der Waals surface area contributed by atoms with Gasteiger partial charge in [-0.3, -0.25) is 33.6 Å². The third-order valence-electron chi connectivity index (χ3n) is 6.13. The number of benzene rings is 1. The van der Waals surface area contributed by atoms with Crippen LogP contribution in [0.2, 0.25) is 0 Å². The van der Waals surface area contributed by atoms with Crippen molar-refractivity contribution in [2.24, 2.45) is 7.05 Å². The topological polar surface area (TPSA) is 143 Å². The van der Waals surface area contributed by atoms with Crippen molar-refractivity contribution in [3.05, 3.63) is 34.2 Å². The van der Waals surface area contributed by atoms with Crippen LogP contribution in [0, 0.1) is 0 Å². The average molecular weight is 443 g/mol. The predicted octanol–water partition coefficient (Wildman–Crippen LogP) is -0.865. The van der Waals surface area contributed by atoms with Gasteiger partial charge in [0.05, 0.1) is 11.0 Å². The zero-order valence-electron chi connectivity index (χ0n) is 17.7. The maximum atomic E-state index is 12.8. The number of hydrogen-bond donors (Lipinski definition) is 3. The number of aryl methyl sites for hydroxylation is 2. The van der Waals surface area contributed by atoms with Gasteiger partial charge < -0.3 is 15.3 Å². The third-order valence-corrected chi connectivity index (χ3v) is 6.13. The van der Waals surface area contributed by atoms with Crippen molar-refractivity contribution in [2.45, 2.75) is 37.8 Å². The number of imidazole rings is 1. The molecule has 2 atom stereocenters. The minimum atomic E-state index is -0.977. The molecule has 2 saturated heterocycles. The highest BCUT2D eigenvalue weighted by Gasteiger charge is 2.31. The molecule has 170 valence electrons. The van der Waals surface area contributed by atoms with E-state index in [0.29, 0.717) is 30.5 Å². The fourth-order valence-corrected chi connectivity index (χ4v) is 4.35. The van der Waals surface area contributed by atoms with Crippen molar-refractivity contribution in [1.82, 2.24) is 24.7 Å². The molecule has 1 aromatic carbocycles. The van der Waals surface area contributed by atoms with E-state index < -0.39 is 24.0 Å². The number of piperidine rings is 1. The van der Waals surface area contributed by atoms with E-state index >= 15 is 0 Å². The van der Waals surface area contributed by atoms with Crippen molar-refractivity contribution in [2.75, 3.05) is 19.6 Å². The molecule has 0 bridgehead atoms. The van der Waals surface area contributed by atoms with Crippen LogP contribution in [-0.4, -0.2) is 68.5 Å². The second kappa shape index (κ2) is 8.58. The highest BCUT2D eigenvalue weighted by atomic mass is 16.4. The molecule has 0 saturated carbocycles. The van der Waals surface area contributed by atoms with Crippen LogP contribution >= 0.6 is 0 Å². The summed E-state index contributed by atoms with van der Waals surface area (Å²) < 4.78 is 2.87. The van der Waals surface area contributed by atoms with Gasteiger partial charge in [-0.05, 0) is 30.5 Å². The van der Waals surface area contributed by atoms with Gasteiger partial charge in [-0.15, -0.1) is 0 Å². The van der Waals surface area contributed by atoms with Gasteiger partial charge in [-0.2, -0.15) is 0 Å². The Hall–Kier alpha value is -3.47. The number of rotatable bonds is 5. The molecule has 2 aromatic rings. The molecule has 0 spiro atoms. The molecule has 1 unspecified atom stereocenters. The molecule has 1 aromatic heterocycles. The number of nitrogens with one attached hydrogen (secondary N) is 2. The van der Waals surface area contributed by atoms with Gasteiger partial charge in [0.1, 0.15) is 12.1 Å². The van der Waals surface area contributed by atoms with Gasteiger partial charge in [0, 0.05) is 39.5 Å². The second-order valence-electron chi connectivity index (χ2n) is 8.19. The number of fused-ring (bicyclic) bond motifs is 1. The fourth-order valence-electron chi connectivity index (χ4n) is 4.35. The molecular formula is C21H25N5O6. The van der Waals surface area contributed by atoms with Gasteiger partial charge in [0.2, 0.25) is 17.7 Å².